The third-order valence-electron chi connectivity index (χ3n) is 2.61. The lowest BCUT2D eigenvalue weighted by molar-refractivity contribution is -0.143. The summed E-state index contributed by atoms with van der Waals surface area (Å²) in [5.74, 6) is 0.0302. The number of halogens is 3. The summed E-state index contributed by atoms with van der Waals surface area (Å²) in [4.78, 5) is 23.7. The van der Waals surface area contributed by atoms with Crippen molar-refractivity contribution in [3.63, 3.8) is 0 Å². The summed E-state index contributed by atoms with van der Waals surface area (Å²) in [5.41, 5.74) is -5.53. The maximum absolute atomic E-state index is 11.6. The Morgan fingerprint density at radius 1 is 1.11 bits per heavy atom. The van der Waals surface area contributed by atoms with Crippen molar-refractivity contribution >= 4 is 22.0 Å². The number of alkyl halides is 3. The van der Waals surface area contributed by atoms with E-state index >= 15 is 0 Å². The van der Waals surface area contributed by atoms with Crippen molar-refractivity contribution < 1.29 is 45.1 Å². The van der Waals surface area contributed by atoms with E-state index in [1.165, 1.54) is 14.2 Å². The molecule has 1 aromatic heterocycles. The summed E-state index contributed by atoms with van der Waals surface area (Å²) in [6.45, 7) is 2.19. The molecule has 1 heterocycles. The standard InChI is InChI=1S/C11H19N4O4.CHF3O3S/c1-6-19-8(16)7-15(2,3)9-12-10(17-4)14-11(13-9)18-5;2-1(3,4)8(5,6)7/h6-7H2,1-5H3;(H,5,6,7)/q+1;. The number of carbonyl (C=O) groups excluding carboxylic acids is 1. The minimum atomic E-state index is -5.84. The molecule has 0 aliphatic heterocycles. The van der Waals surface area contributed by atoms with E-state index in [0.29, 0.717) is 12.6 Å². The fraction of sp³-hybridized carbons (Fsp3) is 0.667. The van der Waals surface area contributed by atoms with Gasteiger partial charge in [-0.1, -0.05) is 0 Å². The molecule has 0 unspecified atom stereocenters. The van der Waals surface area contributed by atoms with E-state index < -0.39 is 15.6 Å². The molecule has 0 amide bonds. The van der Waals surface area contributed by atoms with Crippen LogP contribution in [0.15, 0.2) is 0 Å². The van der Waals surface area contributed by atoms with Gasteiger partial charge in [0.25, 0.3) is 0 Å². The van der Waals surface area contributed by atoms with Gasteiger partial charge in [-0.25, -0.2) is 4.79 Å². The van der Waals surface area contributed by atoms with Crippen molar-refractivity contribution in [1.29, 1.82) is 0 Å². The lowest BCUT2D eigenvalue weighted by atomic mass is 10.5. The van der Waals surface area contributed by atoms with Crippen molar-refractivity contribution in [2.75, 3.05) is 41.5 Å². The maximum atomic E-state index is 11.6. The molecule has 0 radical (unpaired) electrons. The zero-order valence-electron chi connectivity index (χ0n) is 15.1. The van der Waals surface area contributed by atoms with Crippen LogP contribution in [0, 0.1) is 0 Å². The summed E-state index contributed by atoms with van der Waals surface area (Å²) in [6, 6.07) is 0.272. The van der Waals surface area contributed by atoms with Crippen LogP contribution in [-0.2, 0) is 19.6 Å². The van der Waals surface area contributed by atoms with Crippen LogP contribution < -0.4 is 14.0 Å². The summed E-state index contributed by atoms with van der Waals surface area (Å²) >= 11 is 0. The van der Waals surface area contributed by atoms with Crippen LogP contribution in [0.2, 0.25) is 0 Å². The average molecular weight is 421 g/mol. The van der Waals surface area contributed by atoms with E-state index in [9.17, 15) is 18.0 Å². The Morgan fingerprint density at radius 3 is 1.81 bits per heavy atom. The second-order valence-corrected chi connectivity index (χ2v) is 6.59. The molecule has 0 aromatic carbocycles. The van der Waals surface area contributed by atoms with Crippen LogP contribution >= 0.6 is 0 Å². The van der Waals surface area contributed by atoms with E-state index in [0.717, 1.165) is 0 Å². The summed E-state index contributed by atoms with van der Waals surface area (Å²) < 4.78 is 72.5. The van der Waals surface area contributed by atoms with Gasteiger partial charge < -0.3 is 14.2 Å². The molecule has 0 bridgehead atoms. The van der Waals surface area contributed by atoms with Crippen molar-refractivity contribution in [3.8, 4) is 12.0 Å². The molecule has 27 heavy (non-hydrogen) atoms. The van der Waals surface area contributed by atoms with Gasteiger partial charge in [-0.3, -0.25) is 9.04 Å². The van der Waals surface area contributed by atoms with E-state index in [1.54, 1.807) is 21.0 Å². The number of carbonyl (C=O) groups is 1. The number of ether oxygens (including phenoxy) is 3. The van der Waals surface area contributed by atoms with Gasteiger partial charge in [0.15, 0.2) is 6.54 Å². The molecule has 0 atom stereocenters. The van der Waals surface area contributed by atoms with Crippen LogP contribution in [0.25, 0.3) is 0 Å². The molecule has 0 spiro atoms. The molecule has 1 rings (SSSR count). The highest BCUT2D eigenvalue weighted by Crippen LogP contribution is 2.20. The van der Waals surface area contributed by atoms with Gasteiger partial charge in [-0.05, 0) is 6.92 Å². The molecule has 0 aliphatic rings. The Kier molecular flexibility index (Phi) is 8.81. The Bertz CT molecular complexity index is 719. The highest BCUT2D eigenvalue weighted by Gasteiger charge is 2.44. The Hall–Kier alpha value is -2.26. The number of nitrogens with zero attached hydrogens (tertiary/aromatic N) is 4. The minimum Gasteiger partial charge on any atom is -0.466 e. The van der Waals surface area contributed by atoms with Crippen molar-refractivity contribution in [2.45, 2.75) is 12.4 Å². The molecule has 156 valence electrons. The first kappa shape index (κ1) is 24.7. The molecule has 11 nitrogen and oxygen atoms in total. The number of rotatable bonds is 6. The second-order valence-electron chi connectivity index (χ2n) is 5.18. The molecule has 1 N–H and O–H groups in total. The Balaban J connectivity index is 0.000000713. The molecular weight excluding hydrogens is 401 g/mol. The first-order valence-electron chi connectivity index (χ1n) is 7.05. The first-order chi connectivity index (χ1) is 12.2. The molecule has 0 aliphatic carbocycles. The molecule has 0 saturated heterocycles. The highest BCUT2D eigenvalue weighted by atomic mass is 32.2. The van der Waals surface area contributed by atoms with Crippen LogP contribution in [-0.4, -0.2) is 80.9 Å². The van der Waals surface area contributed by atoms with E-state index in [4.69, 9.17) is 27.2 Å². The maximum Gasteiger partial charge on any atom is 0.522 e. The number of hydrogen-bond acceptors (Lipinski definition) is 9. The van der Waals surface area contributed by atoms with Crippen molar-refractivity contribution in [2.24, 2.45) is 0 Å². The molecular formula is C12H20F3N4O7S+. The van der Waals surface area contributed by atoms with Gasteiger partial charge in [0, 0.05) is 0 Å². The number of methoxy groups -OCH3 is 2. The average Bonchev–Trinajstić information content (AvgIpc) is 2.52. The zero-order chi connectivity index (χ0) is 21.5. The molecule has 0 saturated carbocycles. The van der Waals surface area contributed by atoms with Gasteiger partial charge in [0.1, 0.15) is 0 Å². The summed E-state index contributed by atoms with van der Waals surface area (Å²) in [6.07, 6.45) is 0. The number of esters is 1. The van der Waals surface area contributed by atoms with Crippen molar-refractivity contribution in [3.05, 3.63) is 0 Å². The number of hydrogen-bond donors (Lipinski definition) is 1. The topological polar surface area (TPSA) is 138 Å². The quantitative estimate of drug-likeness (QED) is 0.297. The second kappa shape index (κ2) is 9.61. The highest BCUT2D eigenvalue weighted by molar-refractivity contribution is 7.86. The molecule has 15 heteroatoms. The fourth-order valence-corrected chi connectivity index (χ4v) is 1.38. The van der Waals surface area contributed by atoms with Crippen LogP contribution in [0.5, 0.6) is 12.0 Å². The molecule has 1 aromatic rings. The van der Waals surface area contributed by atoms with E-state index in [1.807, 2.05) is 0 Å². The third kappa shape index (κ3) is 8.31. The Labute approximate surface area is 153 Å². The lowest BCUT2D eigenvalue weighted by Crippen LogP contribution is -2.46. The van der Waals surface area contributed by atoms with E-state index in [-0.39, 0.29) is 29.0 Å². The number of likely N-dealkylation sites (N-methyl/N-ethyl adjacent to an activating group) is 1. The third-order valence-corrected chi connectivity index (χ3v) is 3.20. The summed E-state index contributed by atoms with van der Waals surface area (Å²) in [7, 11) is 0.622. The predicted octanol–water partition coefficient (Wildman–Crippen LogP) is 0.413. The SMILES string of the molecule is CCOC(=O)C[N+](C)(C)c1nc(OC)nc(OC)n1.O=S(=O)(O)C(F)(F)F. The van der Waals surface area contributed by atoms with Crippen molar-refractivity contribution in [1.82, 2.24) is 19.4 Å². The van der Waals surface area contributed by atoms with Gasteiger partial charge in [0.2, 0.25) is 0 Å². The summed E-state index contributed by atoms with van der Waals surface area (Å²) in [5, 5.41) is 0. The lowest BCUT2D eigenvalue weighted by Gasteiger charge is -2.25. The Morgan fingerprint density at radius 2 is 1.52 bits per heavy atom. The van der Waals surface area contributed by atoms with E-state index in [2.05, 4.69) is 15.0 Å². The largest absolute Gasteiger partial charge is 0.522 e. The number of quaternary nitrogens is 1. The van der Waals surface area contributed by atoms with Gasteiger partial charge in [-0.2, -0.15) is 21.6 Å². The fourth-order valence-electron chi connectivity index (χ4n) is 1.38. The first-order valence-corrected chi connectivity index (χ1v) is 8.49. The van der Waals surface area contributed by atoms with Gasteiger partial charge in [0.05, 0.1) is 34.9 Å². The minimum absolute atomic E-state index is 0.101. The van der Waals surface area contributed by atoms with Crippen LogP contribution in [0.3, 0.4) is 0 Å². The van der Waals surface area contributed by atoms with Gasteiger partial charge >= 0.3 is 39.6 Å². The van der Waals surface area contributed by atoms with Crippen LogP contribution in [0.1, 0.15) is 6.92 Å². The smallest absolute Gasteiger partial charge is 0.466 e. The monoisotopic (exact) mass is 421 g/mol. The zero-order valence-corrected chi connectivity index (χ0v) is 16.0. The van der Waals surface area contributed by atoms with Crippen LogP contribution in [0.4, 0.5) is 19.1 Å². The predicted molar refractivity (Wildman–Crippen MR) is 85.7 cm³/mol. The normalized spacial score (nSPS) is 11.9. The van der Waals surface area contributed by atoms with Gasteiger partial charge in [-0.15, -0.1) is 15.0 Å². The number of aromatic nitrogens is 3. The molecule has 0 fully saturated rings.